The summed E-state index contributed by atoms with van der Waals surface area (Å²) >= 11 is 0. The van der Waals surface area contributed by atoms with E-state index >= 15 is 0 Å². The molecule has 1 aliphatic carbocycles. The Morgan fingerprint density at radius 1 is 1.10 bits per heavy atom. The second-order valence-corrected chi connectivity index (χ2v) is 7.63. The molecule has 0 aromatic rings. The minimum Gasteiger partial charge on any atom is -0.378 e. The maximum Gasteiger partial charge on any atom is 0.0687 e. The molecule has 0 bridgehead atoms. The number of hydrogen-bond donors (Lipinski definition) is 1. The summed E-state index contributed by atoms with van der Waals surface area (Å²) in [5.41, 5.74) is 0.547. The molecule has 3 atom stereocenters. The maximum absolute atomic E-state index is 6.62. The highest BCUT2D eigenvalue weighted by Crippen LogP contribution is 2.47. The zero-order valence-electron chi connectivity index (χ0n) is 14.0. The Hall–Kier alpha value is -0.120. The molecule has 3 rings (SSSR count). The van der Waals surface area contributed by atoms with Gasteiger partial charge in [-0.25, -0.2) is 0 Å². The van der Waals surface area contributed by atoms with E-state index in [4.69, 9.17) is 9.47 Å². The molecule has 0 amide bonds. The lowest BCUT2D eigenvalue weighted by Gasteiger charge is -2.37. The minimum absolute atomic E-state index is 0.255. The molecule has 1 N–H and O–H groups in total. The van der Waals surface area contributed by atoms with Crippen molar-refractivity contribution in [2.75, 3.05) is 19.7 Å². The standard InChI is InChI=1S/C18H33NO2/c1-3-19-14-17(11-12-20-15(17)2)13-16-7-10-18(21-16)8-5-4-6-9-18/h15-16,19H,3-14H2,1-2H3. The second kappa shape index (κ2) is 6.55. The van der Waals surface area contributed by atoms with E-state index in [2.05, 4.69) is 19.2 Å². The van der Waals surface area contributed by atoms with Crippen molar-refractivity contribution < 1.29 is 9.47 Å². The van der Waals surface area contributed by atoms with Gasteiger partial charge in [0.15, 0.2) is 0 Å². The summed E-state index contributed by atoms with van der Waals surface area (Å²) in [4.78, 5) is 0. The fourth-order valence-corrected chi connectivity index (χ4v) is 4.82. The molecule has 122 valence electrons. The van der Waals surface area contributed by atoms with Crippen LogP contribution in [-0.4, -0.2) is 37.5 Å². The molecule has 3 heteroatoms. The van der Waals surface area contributed by atoms with Gasteiger partial charge in [-0.05, 0) is 52.0 Å². The SMILES string of the molecule is CCNCC1(CC2CCC3(CCCCC3)O2)CCOC1C. The van der Waals surface area contributed by atoms with E-state index in [0.717, 1.165) is 19.7 Å². The third kappa shape index (κ3) is 3.30. The van der Waals surface area contributed by atoms with Crippen LogP contribution >= 0.6 is 0 Å². The van der Waals surface area contributed by atoms with Crippen LogP contribution < -0.4 is 5.32 Å². The smallest absolute Gasteiger partial charge is 0.0687 e. The van der Waals surface area contributed by atoms with E-state index in [0.29, 0.717) is 17.6 Å². The molecule has 3 fully saturated rings. The lowest BCUT2D eigenvalue weighted by Crippen LogP contribution is -2.42. The van der Waals surface area contributed by atoms with Crippen LogP contribution in [0.5, 0.6) is 0 Å². The van der Waals surface area contributed by atoms with Gasteiger partial charge in [-0.1, -0.05) is 26.2 Å². The van der Waals surface area contributed by atoms with Crippen LogP contribution in [0.1, 0.15) is 71.6 Å². The lowest BCUT2D eigenvalue weighted by atomic mass is 9.76. The van der Waals surface area contributed by atoms with Crippen LogP contribution in [0.4, 0.5) is 0 Å². The highest BCUT2D eigenvalue weighted by atomic mass is 16.5. The van der Waals surface area contributed by atoms with Crippen LogP contribution in [0, 0.1) is 5.41 Å². The molecular weight excluding hydrogens is 262 g/mol. The monoisotopic (exact) mass is 295 g/mol. The van der Waals surface area contributed by atoms with E-state index in [1.54, 1.807) is 0 Å². The average molecular weight is 295 g/mol. The van der Waals surface area contributed by atoms with Gasteiger partial charge < -0.3 is 14.8 Å². The molecule has 2 heterocycles. The number of rotatable bonds is 5. The van der Waals surface area contributed by atoms with Gasteiger partial charge in [0.1, 0.15) is 0 Å². The summed E-state index contributed by atoms with van der Waals surface area (Å²) in [7, 11) is 0. The van der Waals surface area contributed by atoms with Crippen molar-refractivity contribution in [3.8, 4) is 0 Å². The first-order valence-corrected chi connectivity index (χ1v) is 9.18. The topological polar surface area (TPSA) is 30.5 Å². The van der Waals surface area contributed by atoms with Crippen LogP contribution in [0.2, 0.25) is 0 Å². The highest BCUT2D eigenvalue weighted by Gasteiger charge is 2.47. The third-order valence-corrected chi connectivity index (χ3v) is 6.29. The van der Waals surface area contributed by atoms with Gasteiger partial charge in [-0.2, -0.15) is 0 Å². The molecule has 3 nitrogen and oxygen atoms in total. The molecule has 0 radical (unpaired) electrons. The molecule has 3 unspecified atom stereocenters. The fourth-order valence-electron chi connectivity index (χ4n) is 4.82. The van der Waals surface area contributed by atoms with E-state index in [-0.39, 0.29) is 5.60 Å². The molecule has 1 spiro atoms. The van der Waals surface area contributed by atoms with Crippen molar-refractivity contribution in [2.24, 2.45) is 5.41 Å². The first-order valence-electron chi connectivity index (χ1n) is 9.18. The first-order chi connectivity index (χ1) is 10.2. The Labute approximate surface area is 130 Å². The Morgan fingerprint density at radius 3 is 2.57 bits per heavy atom. The number of nitrogens with one attached hydrogen (secondary N) is 1. The van der Waals surface area contributed by atoms with Crippen LogP contribution in [-0.2, 0) is 9.47 Å². The van der Waals surface area contributed by atoms with E-state index in [1.807, 2.05) is 0 Å². The molecule has 0 aromatic heterocycles. The minimum atomic E-state index is 0.255. The average Bonchev–Trinajstić information content (AvgIpc) is 3.03. The van der Waals surface area contributed by atoms with Crippen molar-refractivity contribution in [1.82, 2.24) is 5.32 Å². The van der Waals surface area contributed by atoms with Crippen molar-refractivity contribution in [3.05, 3.63) is 0 Å². The molecule has 0 aromatic carbocycles. The van der Waals surface area contributed by atoms with Crippen molar-refractivity contribution >= 4 is 0 Å². The van der Waals surface area contributed by atoms with E-state index in [9.17, 15) is 0 Å². The van der Waals surface area contributed by atoms with Gasteiger partial charge in [0.05, 0.1) is 17.8 Å². The molecule has 3 aliphatic rings. The van der Waals surface area contributed by atoms with Gasteiger partial charge in [0, 0.05) is 18.6 Å². The number of ether oxygens (including phenoxy) is 2. The second-order valence-electron chi connectivity index (χ2n) is 7.63. The van der Waals surface area contributed by atoms with Crippen molar-refractivity contribution in [2.45, 2.75) is 89.4 Å². The highest BCUT2D eigenvalue weighted by molar-refractivity contribution is 4.98. The summed E-state index contributed by atoms with van der Waals surface area (Å²) in [6.45, 7) is 7.50. The van der Waals surface area contributed by atoms with Gasteiger partial charge in [-0.15, -0.1) is 0 Å². The Bertz CT molecular complexity index is 340. The Kier molecular flexibility index (Phi) is 4.92. The van der Waals surface area contributed by atoms with Crippen LogP contribution in [0.3, 0.4) is 0 Å². The maximum atomic E-state index is 6.62. The van der Waals surface area contributed by atoms with Gasteiger partial charge in [-0.3, -0.25) is 0 Å². The predicted octanol–water partition coefficient (Wildman–Crippen LogP) is 3.66. The molecule has 2 saturated heterocycles. The largest absolute Gasteiger partial charge is 0.378 e. The lowest BCUT2D eigenvalue weighted by molar-refractivity contribution is -0.0822. The zero-order chi connectivity index (χ0) is 14.8. The fraction of sp³-hybridized carbons (Fsp3) is 1.00. The summed E-state index contributed by atoms with van der Waals surface area (Å²) < 4.78 is 12.5. The zero-order valence-corrected chi connectivity index (χ0v) is 14.0. The first kappa shape index (κ1) is 15.8. The molecule has 1 saturated carbocycles. The molecule has 2 aliphatic heterocycles. The normalized spacial score (nSPS) is 39.1. The van der Waals surface area contributed by atoms with E-state index in [1.165, 1.54) is 57.8 Å². The van der Waals surface area contributed by atoms with Crippen molar-refractivity contribution in [1.29, 1.82) is 0 Å². The van der Waals surface area contributed by atoms with Crippen LogP contribution in [0.15, 0.2) is 0 Å². The molecule has 21 heavy (non-hydrogen) atoms. The summed E-state index contributed by atoms with van der Waals surface area (Å²) in [5.74, 6) is 0. The Morgan fingerprint density at radius 2 is 1.90 bits per heavy atom. The molecular formula is C18H33NO2. The summed E-state index contributed by atoms with van der Waals surface area (Å²) in [6.07, 6.45) is 12.5. The van der Waals surface area contributed by atoms with Gasteiger partial charge in [0.2, 0.25) is 0 Å². The summed E-state index contributed by atoms with van der Waals surface area (Å²) in [6, 6.07) is 0. The quantitative estimate of drug-likeness (QED) is 0.839. The van der Waals surface area contributed by atoms with Crippen molar-refractivity contribution in [3.63, 3.8) is 0 Å². The third-order valence-electron chi connectivity index (χ3n) is 6.29. The van der Waals surface area contributed by atoms with E-state index < -0.39 is 0 Å². The van der Waals surface area contributed by atoms with Crippen LogP contribution in [0.25, 0.3) is 0 Å². The Balaban J connectivity index is 1.61. The predicted molar refractivity (Wildman–Crippen MR) is 85.5 cm³/mol. The van der Waals surface area contributed by atoms with Gasteiger partial charge >= 0.3 is 0 Å². The number of hydrogen-bond acceptors (Lipinski definition) is 3. The summed E-state index contributed by atoms with van der Waals surface area (Å²) in [5, 5.41) is 3.57. The van der Waals surface area contributed by atoms with Gasteiger partial charge in [0.25, 0.3) is 0 Å².